The smallest absolute Gasteiger partial charge is 0.283 e. The van der Waals surface area contributed by atoms with E-state index in [-0.39, 0.29) is 11.1 Å². The standard InChI is InChI=1S/C19H19N7O2/c27-19-16-18(20-13-25(19)7-6-24-8-10-28-11-9-24)26-17(23-22-16)15(12-21-26)14-4-2-1-3-5-14/h1-5,12-13H,6-11H2. The van der Waals surface area contributed by atoms with Crippen LogP contribution in [0.4, 0.5) is 0 Å². The predicted octanol–water partition coefficient (Wildman–Crippen LogP) is 0.833. The Morgan fingerprint density at radius 2 is 1.82 bits per heavy atom. The maximum Gasteiger partial charge on any atom is 0.283 e. The van der Waals surface area contributed by atoms with E-state index in [1.54, 1.807) is 21.6 Å². The second-order valence-corrected chi connectivity index (χ2v) is 6.73. The molecule has 0 atom stereocenters. The lowest BCUT2D eigenvalue weighted by Crippen LogP contribution is -2.39. The summed E-state index contributed by atoms with van der Waals surface area (Å²) in [6.07, 6.45) is 3.29. The van der Waals surface area contributed by atoms with Crippen LogP contribution in [0, 0.1) is 0 Å². The van der Waals surface area contributed by atoms with Crippen LogP contribution >= 0.6 is 0 Å². The average molecular weight is 377 g/mol. The van der Waals surface area contributed by atoms with Crippen molar-refractivity contribution in [3.8, 4) is 11.1 Å². The van der Waals surface area contributed by atoms with Gasteiger partial charge in [-0.2, -0.15) is 9.61 Å². The van der Waals surface area contributed by atoms with E-state index in [0.29, 0.717) is 17.8 Å². The van der Waals surface area contributed by atoms with E-state index in [1.807, 2.05) is 30.3 Å². The Labute approximate surface area is 160 Å². The van der Waals surface area contributed by atoms with E-state index >= 15 is 0 Å². The van der Waals surface area contributed by atoms with Crippen molar-refractivity contribution in [1.29, 1.82) is 0 Å². The molecular weight excluding hydrogens is 358 g/mol. The molecule has 9 heteroatoms. The summed E-state index contributed by atoms with van der Waals surface area (Å²) >= 11 is 0. The zero-order chi connectivity index (χ0) is 18.9. The molecule has 1 aromatic carbocycles. The van der Waals surface area contributed by atoms with E-state index in [2.05, 4.69) is 25.2 Å². The molecule has 1 saturated heterocycles. The highest BCUT2D eigenvalue weighted by Gasteiger charge is 2.16. The molecule has 1 aliphatic rings. The van der Waals surface area contributed by atoms with Crippen LogP contribution in [0.1, 0.15) is 0 Å². The van der Waals surface area contributed by atoms with Crippen LogP contribution in [0.2, 0.25) is 0 Å². The first-order valence-electron chi connectivity index (χ1n) is 9.26. The molecule has 0 saturated carbocycles. The second kappa shape index (κ2) is 7.10. The van der Waals surface area contributed by atoms with E-state index in [0.717, 1.165) is 44.0 Å². The number of ether oxygens (including phenoxy) is 1. The highest BCUT2D eigenvalue weighted by Crippen LogP contribution is 2.23. The summed E-state index contributed by atoms with van der Waals surface area (Å²) < 4.78 is 8.52. The van der Waals surface area contributed by atoms with Gasteiger partial charge in [0.15, 0.2) is 16.8 Å². The van der Waals surface area contributed by atoms with E-state index in [4.69, 9.17) is 4.74 Å². The van der Waals surface area contributed by atoms with Crippen LogP contribution in [0.5, 0.6) is 0 Å². The summed E-state index contributed by atoms with van der Waals surface area (Å²) in [7, 11) is 0. The molecule has 0 bridgehead atoms. The number of aromatic nitrogens is 6. The third-order valence-electron chi connectivity index (χ3n) is 5.03. The Balaban J connectivity index is 1.51. The third kappa shape index (κ3) is 2.94. The topological polar surface area (TPSA) is 90.4 Å². The van der Waals surface area contributed by atoms with Crippen LogP contribution in [0.15, 0.2) is 47.7 Å². The predicted molar refractivity (Wildman–Crippen MR) is 103 cm³/mol. The molecule has 0 radical (unpaired) electrons. The summed E-state index contributed by atoms with van der Waals surface area (Å²) in [4.78, 5) is 19.6. The summed E-state index contributed by atoms with van der Waals surface area (Å²) in [6.45, 7) is 4.55. The number of hydrogen-bond acceptors (Lipinski definition) is 7. The van der Waals surface area contributed by atoms with Crippen LogP contribution in [0.3, 0.4) is 0 Å². The lowest BCUT2D eigenvalue weighted by atomic mass is 10.1. The minimum absolute atomic E-state index is 0.204. The fraction of sp³-hybridized carbons (Fsp3) is 0.316. The van der Waals surface area contributed by atoms with Crippen molar-refractivity contribution in [1.82, 2.24) is 34.3 Å². The number of benzene rings is 1. The van der Waals surface area contributed by atoms with Gasteiger partial charge >= 0.3 is 0 Å². The van der Waals surface area contributed by atoms with E-state index in [9.17, 15) is 4.79 Å². The minimum Gasteiger partial charge on any atom is -0.379 e. The van der Waals surface area contributed by atoms with Gasteiger partial charge in [-0.25, -0.2) is 4.98 Å². The molecule has 4 heterocycles. The normalized spacial score (nSPS) is 15.4. The summed E-state index contributed by atoms with van der Waals surface area (Å²) in [5.74, 6) is 0. The first-order chi connectivity index (χ1) is 13.8. The Morgan fingerprint density at radius 1 is 1.00 bits per heavy atom. The summed E-state index contributed by atoms with van der Waals surface area (Å²) in [5, 5.41) is 12.8. The molecule has 5 rings (SSSR count). The van der Waals surface area contributed by atoms with Crippen molar-refractivity contribution in [2.75, 3.05) is 32.8 Å². The van der Waals surface area contributed by atoms with Gasteiger partial charge in [-0.05, 0) is 5.56 Å². The van der Waals surface area contributed by atoms with E-state index in [1.165, 1.54) is 0 Å². The number of nitrogens with zero attached hydrogens (tertiary/aromatic N) is 7. The molecule has 0 unspecified atom stereocenters. The van der Waals surface area contributed by atoms with Crippen LogP contribution in [-0.2, 0) is 11.3 Å². The monoisotopic (exact) mass is 377 g/mol. The van der Waals surface area contributed by atoms with Crippen molar-refractivity contribution in [3.05, 3.63) is 53.2 Å². The van der Waals surface area contributed by atoms with Gasteiger partial charge in [-0.15, -0.1) is 10.2 Å². The highest BCUT2D eigenvalue weighted by molar-refractivity contribution is 5.80. The number of rotatable bonds is 4. The third-order valence-corrected chi connectivity index (χ3v) is 5.03. The van der Waals surface area contributed by atoms with Crippen molar-refractivity contribution >= 4 is 16.8 Å². The summed E-state index contributed by atoms with van der Waals surface area (Å²) in [5.41, 5.74) is 2.86. The number of fused-ring (bicyclic) bond motifs is 3. The van der Waals surface area contributed by atoms with Crippen LogP contribution < -0.4 is 5.56 Å². The SMILES string of the molecule is O=c1c2nnc3c(-c4ccccc4)cnn3c2ncn1CCN1CCOCC1. The summed E-state index contributed by atoms with van der Waals surface area (Å²) in [6, 6.07) is 9.84. The Morgan fingerprint density at radius 3 is 2.64 bits per heavy atom. The molecule has 3 aromatic heterocycles. The quantitative estimate of drug-likeness (QED) is 0.520. The second-order valence-electron chi connectivity index (χ2n) is 6.73. The number of morpholine rings is 1. The zero-order valence-electron chi connectivity index (χ0n) is 15.2. The molecule has 142 valence electrons. The van der Waals surface area contributed by atoms with Gasteiger partial charge in [0.2, 0.25) is 0 Å². The fourth-order valence-corrected chi connectivity index (χ4v) is 3.46. The fourth-order valence-electron chi connectivity index (χ4n) is 3.46. The highest BCUT2D eigenvalue weighted by atomic mass is 16.5. The van der Waals surface area contributed by atoms with Gasteiger partial charge in [0.05, 0.1) is 19.4 Å². The molecule has 4 aromatic rings. The maximum atomic E-state index is 12.9. The largest absolute Gasteiger partial charge is 0.379 e. The first kappa shape index (κ1) is 17.0. The van der Waals surface area contributed by atoms with Gasteiger partial charge in [-0.1, -0.05) is 30.3 Å². The zero-order valence-corrected chi connectivity index (χ0v) is 15.2. The van der Waals surface area contributed by atoms with Crippen LogP contribution in [0.25, 0.3) is 27.9 Å². The molecule has 9 nitrogen and oxygen atoms in total. The van der Waals surface area contributed by atoms with E-state index < -0.39 is 0 Å². The molecule has 1 fully saturated rings. The average Bonchev–Trinajstić information content (AvgIpc) is 3.19. The Kier molecular flexibility index (Phi) is 4.30. The Hall–Kier alpha value is -3.17. The van der Waals surface area contributed by atoms with Crippen molar-refractivity contribution < 1.29 is 4.74 Å². The van der Waals surface area contributed by atoms with Gasteiger partial charge in [0.25, 0.3) is 5.56 Å². The lowest BCUT2D eigenvalue weighted by molar-refractivity contribution is 0.0362. The van der Waals surface area contributed by atoms with Gasteiger partial charge in [0, 0.05) is 31.7 Å². The maximum absolute atomic E-state index is 12.9. The first-order valence-corrected chi connectivity index (χ1v) is 9.26. The molecule has 0 aliphatic carbocycles. The molecule has 0 amide bonds. The van der Waals surface area contributed by atoms with Crippen LogP contribution in [-0.4, -0.2) is 67.1 Å². The van der Waals surface area contributed by atoms with Crippen molar-refractivity contribution in [3.63, 3.8) is 0 Å². The molecular formula is C19H19N7O2. The van der Waals surface area contributed by atoms with Crippen molar-refractivity contribution in [2.24, 2.45) is 0 Å². The molecule has 28 heavy (non-hydrogen) atoms. The van der Waals surface area contributed by atoms with Gasteiger partial charge < -0.3 is 4.74 Å². The molecule has 1 aliphatic heterocycles. The minimum atomic E-state index is -0.204. The Bertz CT molecular complexity index is 1180. The van der Waals surface area contributed by atoms with Crippen molar-refractivity contribution in [2.45, 2.75) is 6.54 Å². The number of hydrogen-bond donors (Lipinski definition) is 0. The molecule has 0 spiro atoms. The van der Waals surface area contributed by atoms with Gasteiger partial charge in [-0.3, -0.25) is 14.3 Å². The lowest BCUT2D eigenvalue weighted by Gasteiger charge is -2.26. The van der Waals surface area contributed by atoms with Gasteiger partial charge in [0.1, 0.15) is 6.33 Å². The molecule has 0 N–H and O–H groups in total.